The zero-order chi connectivity index (χ0) is 10.9. The van der Waals surface area contributed by atoms with Crippen molar-refractivity contribution in [3.05, 3.63) is 35.6 Å². The number of nitrogens with one attached hydrogen (secondary N) is 1. The van der Waals surface area contributed by atoms with Gasteiger partial charge in [-0.05, 0) is 24.0 Å². The molecule has 1 heterocycles. The summed E-state index contributed by atoms with van der Waals surface area (Å²) in [7, 11) is 0. The van der Waals surface area contributed by atoms with Gasteiger partial charge in [-0.25, -0.2) is 4.39 Å². The van der Waals surface area contributed by atoms with Gasteiger partial charge in [0.15, 0.2) is 0 Å². The van der Waals surface area contributed by atoms with E-state index in [0.717, 1.165) is 25.1 Å². The molecule has 0 aliphatic carbocycles. The zero-order valence-corrected chi connectivity index (χ0v) is 9.39. The Morgan fingerprint density at radius 2 is 2.00 bits per heavy atom. The molecule has 1 fully saturated rings. The molecule has 82 valence electrons. The fraction of sp³-hybridized carbons (Fsp3) is 0.538. The van der Waals surface area contributed by atoms with E-state index < -0.39 is 0 Å². The summed E-state index contributed by atoms with van der Waals surface area (Å²) in [5, 5.41) is 3.27. The van der Waals surface area contributed by atoms with Crippen LogP contribution in [-0.2, 0) is 5.41 Å². The van der Waals surface area contributed by atoms with Crippen LogP contribution in [0.5, 0.6) is 0 Å². The molecule has 0 aromatic heterocycles. The first kappa shape index (κ1) is 10.6. The minimum Gasteiger partial charge on any atom is -0.315 e. The molecule has 1 nitrogen and oxygen atoms in total. The maximum Gasteiger partial charge on any atom is 0.127 e. The molecule has 1 aromatic carbocycles. The summed E-state index contributed by atoms with van der Waals surface area (Å²) in [6, 6.07) is 7.18. The highest BCUT2D eigenvalue weighted by atomic mass is 19.1. The van der Waals surface area contributed by atoms with E-state index in [9.17, 15) is 4.39 Å². The maximum atomic E-state index is 13.7. The summed E-state index contributed by atoms with van der Waals surface area (Å²) in [6.45, 7) is 6.21. The summed E-state index contributed by atoms with van der Waals surface area (Å²) >= 11 is 0. The lowest BCUT2D eigenvalue weighted by atomic mass is 9.70. The van der Waals surface area contributed by atoms with Gasteiger partial charge in [-0.1, -0.05) is 32.0 Å². The van der Waals surface area contributed by atoms with E-state index in [-0.39, 0.29) is 11.2 Å². The van der Waals surface area contributed by atoms with Crippen LogP contribution in [-0.4, -0.2) is 13.1 Å². The summed E-state index contributed by atoms with van der Waals surface area (Å²) in [5.74, 6) is 0.548. The number of hydrogen-bond donors (Lipinski definition) is 1. The molecule has 0 spiro atoms. The number of rotatable bonds is 3. The van der Waals surface area contributed by atoms with Crippen LogP contribution < -0.4 is 5.32 Å². The van der Waals surface area contributed by atoms with Crippen LogP contribution >= 0.6 is 0 Å². The van der Waals surface area contributed by atoms with Gasteiger partial charge in [0.2, 0.25) is 0 Å². The van der Waals surface area contributed by atoms with Crippen LogP contribution in [0, 0.1) is 11.7 Å². The fourth-order valence-corrected chi connectivity index (χ4v) is 2.54. The Hall–Kier alpha value is -0.890. The van der Waals surface area contributed by atoms with Crippen molar-refractivity contribution >= 4 is 0 Å². The third kappa shape index (κ3) is 1.91. The number of benzene rings is 1. The summed E-state index contributed by atoms with van der Waals surface area (Å²) in [6.07, 6.45) is 1.06. The van der Waals surface area contributed by atoms with Crippen LogP contribution in [0.15, 0.2) is 24.3 Å². The van der Waals surface area contributed by atoms with Crippen LogP contribution in [0.2, 0.25) is 0 Å². The van der Waals surface area contributed by atoms with Crippen molar-refractivity contribution in [1.29, 1.82) is 0 Å². The first-order valence-electron chi connectivity index (χ1n) is 5.60. The van der Waals surface area contributed by atoms with E-state index >= 15 is 0 Å². The topological polar surface area (TPSA) is 12.0 Å². The number of halogens is 1. The highest BCUT2D eigenvalue weighted by molar-refractivity contribution is 5.31. The average molecular weight is 207 g/mol. The van der Waals surface area contributed by atoms with Crippen molar-refractivity contribution in [3.63, 3.8) is 0 Å². The van der Waals surface area contributed by atoms with E-state index in [0.29, 0.717) is 5.92 Å². The Morgan fingerprint density at radius 1 is 1.33 bits per heavy atom. The predicted molar refractivity (Wildman–Crippen MR) is 60.4 cm³/mol. The van der Waals surface area contributed by atoms with Crippen molar-refractivity contribution in [1.82, 2.24) is 5.32 Å². The largest absolute Gasteiger partial charge is 0.315 e. The third-order valence-corrected chi connectivity index (χ3v) is 3.17. The Bertz CT molecular complexity index is 342. The molecule has 1 saturated heterocycles. The van der Waals surface area contributed by atoms with E-state index in [2.05, 4.69) is 19.2 Å². The molecule has 0 bridgehead atoms. The van der Waals surface area contributed by atoms with Gasteiger partial charge in [0, 0.05) is 18.5 Å². The molecular weight excluding hydrogens is 189 g/mol. The molecule has 0 saturated carbocycles. The first-order valence-corrected chi connectivity index (χ1v) is 5.60. The van der Waals surface area contributed by atoms with Gasteiger partial charge in [0.1, 0.15) is 5.82 Å². The summed E-state index contributed by atoms with van der Waals surface area (Å²) in [5.41, 5.74) is 0.928. The van der Waals surface area contributed by atoms with Crippen molar-refractivity contribution < 1.29 is 4.39 Å². The van der Waals surface area contributed by atoms with Gasteiger partial charge in [0.05, 0.1) is 0 Å². The summed E-state index contributed by atoms with van der Waals surface area (Å²) in [4.78, 5) is 0. The molecule has 2 rings (SSSR count). The second-order valence-corrected chi connectivity index (χ2v) is 4.96. The zero-order valence-electron chi connectivity index (χ0n) is 9.39. The second kappa shape index (κ2) is 3.93. The molecule has 1 aromatic rings. The lowest BCUT2D eigenvalue weighted by molar-refractivity contribution is 0.222. The van der Waals surface area contributed by atoms with E-state index in [1.807, 2.05) is 12.1 Å². The Kier molecular flexibility index (Phi) is 2.79. The molecule has 15 heavy (non-hydrogen) atoms. The monoisotopic (exact) mass is 207 g/mol. The molecule has 0 atom stereocenters. The molecule has 1 aliphatic rings. The van der Waals surface area contributed by atoms with Crippen LogP contribution in [0.25, 0.3) is 0 Å². The smallest absolute Gasteiger partial charge is 0.127 e. The SMILES string of the molecule is CC(C)CC1(c2ccccc2F)CNC1. The Labute approximate surface area is 90.7 Å². The predicted octanol–water partition coefficient (Wildman–Crippen LogP) is 2.71. The summed E-state index contributed by atoms with van der Waals surface area (Å²) < 4.78 is 13.7. The van der Waals surface area contributed by atoms with Crippen LogP contribution in [0.1, 0.15) is 25.8 Å². The van der Waals surface area contributed by atoms with Gasteiger partial charge >= 0.3 is 0 Å². The Morgan fingerprint density at radius 3 is 2.47 bits per heavy atom. The molecule has 0 unspecified atom stereocenters. The minimum atomic E-state index is -0.0559. The van der Waals surface area contributed by atoms with Gasteiger partial charge in [-0.2, -0.15) is 0 Å². The van der Waals surface area contributed by atoms with Crippen molar-refractivity contribution in [2.24, 2.45) is 5.92 Å². The minimum absolute atomic E-state index is 0.0412. The normalized spacial score (nSPS) is 18.9. The molecule has 0 amide bonds. The van der Waals surface area contributed by atoms with E-state index in [1.165, 1.54) is 0 Å². The van der Waals surface area contributed by atoms with Crippen molar-refractivity contribution in [2.75, 3.05) is 13.1 Å². The van der Waals surface area contributed by atoms with Gasteiger partial charge in [0.25, 0.3) is 0 Å². The lowest BCUT2D eigenvalue weighted by Crippen LogP contribution is -2.57. The molecule has 1 N–H and O–H groups in total. The Balaban J connectivity index is 2.30. The third-order valence-electron chi connectivity index (χ3n) is 3.17. The highest BCUT2D eigenvalue weighted by Crippen LogP contribution is 2.36. The maximum absolute atomic E-state index is 13.7. The molecule has 2 heteroatoms. The van der Waals surface area contributed by atoms with E-state index in [1.54, 1.807) is 12.1 Å². The number of hydrogen-bond acceptors (Lipinski definition) is 1. The van der Waals surface area contributed by atoms with Gasteiger partial charge in [-0.15, -0.1) is 0 Å². The van der Waals surface area contributed by atoms with Crippen molar-refractivity contribution in [2.45, 2.75) is 25.7 Å². The van der Waals surface area contributed by atoms with E-state index in [4.69, 9.17) is 0 Å². The van der Waals surface area contributed by atoms with Gasteiger partial charge in [-0.3, -0.25) is 0 Å². The lowest BCUT2D eigenvalue weighted by Gasteiger charge is -2.44. The van der Waals surface area contributed by atoms with Crippen LogP contribution in [0.4, 0.5) is 4.39 Å². The standard InChI is InChI=1S/C13H18FN/c1-10(2)7-13(8-15-9-13)11-5-3-4-6-12(11)14/h3-6,10,15H,7-9H2,1-2H3. The van der Waals surface area contributed by atoms with Crippen molar-refractivity contribution in [3.8, 4) is 0 Å². The van der Waals surface area contributed by atoms with Crippen LogP contribution in [0.3, 0.4) is 0 Å². The molecular formula is C13H18FN. The first-order chi connectivity index (χ1) is 7.14. The molecule has 0 radical (unpaired) electrons. The second-order valence-electron chi connectivity index (χ2n) is 4.96. The quantitative estimate of drug-likeness (QED) is 0.803. The fourth-order valence-electron chi connectivity index (χ4n) is 2.54. The molecule has 1 aliphatic heterocycles. The highest BCUT2D eigenvalue weighted by Gasteiger charge is 2.40. The van der Waals surface area contributed by atoms with Gasteiger partial charge < -0.3 is 5.32 Å². The average Bonchev–Trinajstić information content (AvgIpc) is 2.12.